The second-order valence-electron chi connectivity index (χ2n) is 0.829. The van der Waals surface area contributed by atoms with Crippen molar-refractivity contribution in [1.82, 2.24) is 0 Å². The Morgan fingerprint density at radius 1 is 0.818 bits per heavy atom. The van der Waals surface area contributed by atoms with Gasteiger partial charge in [0, 0.05) is 0 Å². The van der Waals surface area contributed by atoms with E-state index in [-0.39, 0.29) is 5.48 Å². The van der Waals surface area contributed by atoms with E-state index in [1.54, 1.807) is 0 Å². The van der Waals surface area contributed by atoms with Crippen molar-refractivity contribution < 1.29 is 22.5 Å². The molecule has 0 aromatic carbocycles. The molecule has 0 aromatic heterocycles. The van der Waals surface area contributed by atoms with Crippen molar-refractivity contribution in [1.29, 1.82) is 0 Å². The molecule has 11 heteroatoms. The van der Waals surface area contributed by atoms with Crippen LogP contribution in [0.25, 0.3) is 0 Å². The van der Waals surface area contributed by atoms with Crippen molar-refractivity contribution in [3.05, 3.63) is 0 Å². The van der Waals surface area contributed by atoms with Gasteiger partial charge in [0.25, 0.3) is 0 Å². The third-order valence-electron chi connectivity index (χ3n) is 0.387. The van der Waals surface area contributed by atoms with Crippen molar-refractivity contribution in [3.63, 3.8) is 0 Å². The van der Waals surface area contributed by atoms with E-state index in [4.69, 9.17) is 0 Å². The zero-order valence-corrected chi connectivity index (χ0v) is 12.1. The summed E-state index contributed by atoms with van der Waals surface area (Å²) >= 11 is -7.41. The summed E-state index contributed by atoms with van der Waals surface area (Å²) in [5, 5.41) is 0. The molecule has 0 aliphatic rings. The fourth-order valence-electron chi connectivity index (χ4n) is 0.180. The van der Waals surface area contributed by atoms with Gasteiger partial charge in [0.05, 0.1) is 0 Å². The molecule has 0 aromatic rings. The quantitative estimate of drug-likeness (QED) is 0.440. The molecule has 0 fully saturated rings. The van der Waals surface area contributed by atoms with Crippen molar-refractivity contribution in [2.45, 2.75) is 0 Å². The molecule has 0 radical (unpaired) electrons. The molecule has 0 rings (SSSR count). The van der Waals surface area contributed by atoms with Crippen LogP contribution in [0.5, 0.6) is 0 Å². The van der Waals surface area contributed by atoms with E-state index in [0.29, 0.717) is 0 Å². The van der Waals surface area contributed by atoms with Gasteiger partial charge in [-0.3, -0.25) is 0 Å². The Labute approximate surface area is 91.0 Å². The molecule has 0 spiro atoms. The fourth-order valence-corrected chi connectivity index (χ4v) is 8.66. The third-order valence-corrected chi connectivity index (χ3v) is 10.2. The Morgan fingerprint density at radius 2 is 1.09 bits per heavy atom. The van der Waals surface area contributed by atoms with Gasteiger partial charge in [0.2, 0.25) is 0 Å². The van der Waals surface area contributed by atoms with Gasteiger partial charge in [0.1, 0.15) is 0 Å². The van der Waals surface area contributed by atoms with Crippen LogP contribution in [0.2, 0.25) is 0 Å². The molecular weight excluding hydrogens is 402 g/mol. The third kappa shape index (κ3) is 9.15. The van der Waals surface area contributed by atoms with Crippen LogP contribution < -0.4 is 0 Å². The molecular formula is H2Al3BiO7. The van der Waals surface area contributed by atoms with Gasteiger partial charge in [-0.25, -0.2) is 0 Å². The number of hydrogen-bond acceptors (Lipinski definition) is 6. The van der Waals surface area contributed by atoms with Crippen LogP contribution in [0.4, 0.5) is 0 Å². The van der Waals surface area contributed by atoms with E-state index < -0.39 is 69.5 Å². The van der Waals surface area contributed by atoms with Crippen LogP contribution >= 0.6 is 0 Å². The normalized spacial score (nSPS) is 6.27. The molecule has 0 unspecified atom stereocenters. The van der Waals surface area contributed by atoms with Gasteiger partial charge in [0.15, 0.2) is 0 Å². The van der Waals surface area contributed by atoms with Gasteiger partial charge in [-0.05, 0) is 0 Å². The number of hydrogen-bond donors (Lipinski definition) is 0. The van der Waals surface area contributed by atoms with Gasteiger partial charge >= 0.3 is 86.5 Å². The van der Waals surface area contributed by atoms with E-state index in [2.05, 4.69) is 5.59 Å². The average Bonchev–Trinajstić information content (AvgIpc) is 1.90. The van der Waals surface area contributed by atoms with Crippen LogP contribution in [0.1, 0.15) is 0 Å². The van der Waals surface area contributed by atoms with Crippen LogP contribution in [-0.2, 0) is 17.0 Å². The first-order valence-electron chi connectivity index (χ1n) is 1.96. The van der Waals surface area contributed by atoms with Crippen molar-refractivity contribution in [2.75, 3.05) is 0 Å². The summed E-state index contributed by atoms with van der Waals surface area (Å²) in [5.41, 5.74) is 0. The zero-order chi connectivity index (χ0) is 7.82. The standard InChI is InChI=1S/3Al.Bi.H2O.6O/h;;;;1H2;;;;;;. The van der Waals surface area contributed by atoms with E-state index >= 15 is 0 Å². The van der Waals surface area contributed by atoms with Crippen molar-refractivity contribution in [2.24, 2.45) is 0 Å². The Morgan fingerprint density at radius 3 is 1.27 bits per heavy atom. The maximum absolute atomic E-state index is 9.86. The maximum atomic E-state index is 9.86. The summed E-state index contributed by atoms with van der Waals surface area (Å²) in [5.74, 6) is 0. The second-order valence-corrected chi connectivity index (χ2v) is 11.2. The first-order valence-corrected chi connectivity index (χ1v) is 9.05. The van der Waals surface area contributed by atoms with E-state index in [0.717, 1.165) is 0 Å². The molecule has 0 amide bonds. The van der Waals surface area contributed by atoms with Gasteiger partial charge in [-0.2, -0.15) is 0 Å². The van der Waals surface area contributed by atoms with Gasteiger partial charge in [-0.15, -0.1) is 0 Å². The van der Waals surface area contributed by atoms with E-state index in [1.807, 2.05) is 0 Å². The molecule has 0 aliphatic carbocycles. The predicted octanol–water partition coefficient (Wildman–Crippen LogP) is -2.91. The number of rotatable bonds is 6. The summed E-state index contributed by atoms with van der Waals surface area (Å²) in [4.78, 5) is 0. The molecule has 0 heterocycles. The second kappa shape index (κ2) is 11.2. The summed E-state index contributed by atoms with van der Waals surface area (Å²) in [6.07, 6.45) is 0. The Balaban J connectivity index is 0. The van der Waals surface area contributed by atoms with Crippen molar-refractivity contribution >= 4 is 69.5 Å². The summed E-state index contributed by atoms with van der Waals surface area (Å²) in [6.45, 7) is 0. The van der Waals surface area contributed by atoms with Crippen LogP contribution in [0.15, 0.2) is 0 Å². The topological polar surface area (TPSA) is 110 Å². The first-order chi connectivity index (χ1) is 4.85. The Hall–Kier alpha value is 1.24. The van der Waals surface area contributed by atoms with Crippen molar-refractivity contribution in [3.8, 4) is 0 Å². The summed E-state index contributed by atoms with van der Waals surface area (Å²) < 4.78 is 42.9. The van der Waals surface area contributed by atoms with Crippen LogP contribution in [-0.4, -0.2) is 75.0 Å². The van der Waals surface area contributed by atoms with E-state index in [9.17, 15) is 11.4 Å². The van der Waals surface area contributed by atoms with Gasteiger partial charge < -0.3 is 5.48 Å². The average molecular weight is 404 g/mol. The zero-order valence-electron chi connectivity index (χ0n) is 5.13. The monoisotopic (exact) mass is 404 g/mol. The Bertz CT molecular complexity index is 101. The summed E-state index contributed by atoms with van der Waals surface area (Å²) in [6, 6.07) is 0. The molecule has 11 heavy (non-hydrogen) atoms. The molecule has 58 valence electrons. The SMILES string of the molecule is O.[O]=[Al][O][Bi]([O][Al]=[O])[O][Al]=[O]. The fraction of sp³-hybridized carbons (Fsp3) is 0. The molecule has 0 saturated heterocycles. The van der Waals surface area contributed by atoms with E-state index in [1.165, 1.54) is 0 Å². The van der Waals surface area contributed by atoms with Gasteiger partial charge in [-0.1, -0.05) is 0 Å². The van der Waals surface area contributed by atoms with Crippen LogP contribution in [0.3, 0.4) is 0 Å². The molecule has 0 atom stereocenters. The predicted molar refractivity (Wildman–Crippen MR) is 31.9 cm³/mol. The minimum absolute atomic E-state index is 0. The first kappa shape index (κ1) is 14.7. The minimum atomic E-state index is -3.15. The Kier molecular flexibility index (Phi) is 15.1. The molecule has 0 bridgehead atoms. The van der Waals surface area contributed by atoms with Crippen LogP contribution in [0, 0.1) is 0 Å². The molecule has 2 N–H and O–H groups in total. The molecule has 7 nitrogen and oxygen atoms in total. The molecule has 0 aliphatic heterocycles. The summed E-state index contributed by atoms with van der Waals surface area (Å²) in [7, 11) is 0. The molecule has 0 saturated carbocycles.